The van der Waals surface area contributed by atoms with Gasteiger partial charge in [0.2, 0.25) is 0 Å². The van der Waals surface area contributed by atoms with E-state index in [1.807, 2.05) is 12.1 Å². The van der Waals surface area contributed by atoms with Crippen LogP contribution in [0.2, 0.25) is 5.02 Å². The summed E-state index contributed by atoms with van der Waals surface area (Å²) < 4.78 is 0. The molecule has 0 heterocycles. The van der Waals surface area contributed by atoms with E-state index in [2.05, 4.69) is 19.9 Å². The molecule has 1 fully saturated rings. The van der Waals surface area contributed by atoms with Crippen molar-refractivity contribution in [2.75, 3.05) is 0 Å². The van der Waals surface area contributed by atoms with Gasteiger partial charge < -0.3 is 5.73 Å². The summed E-state index contributed by atoms with van der Waals surface area (Å²) in [5.41, 5.74) is 8.61. The Hall–Kier alpha value is -0.530. The maximum atomic E-state index is 6.21. The molecule has 1 nitrogen and oxygen atoms in total. The molecule has 1 aliphatic rings. The second-order valence-corrected chi connectivity index (χ2v) is 5.17. The first-order valence-electron chi connectivity index (χ1n) is 5.03. The third kappa shape index (κ3) is 1.55. The van der Waals surface area contributed by atoms with Crippen LogP contribution in [0.15, 0.2) is 18.2 Å². The molecule has 0 radical (unpaired) electrons. The minimum Gasteiger partial charge on any atom is -0.326 e. The van der Waals surface area contributed by atoms with Crippen LogP contribution in [-0.4, -0.2) is 0 Å². The van der Waals surface area contributed by atoms with E-state index < -0.39 is 0 Å². The fourth-order valence-corrected chi connectivity index (χ4v) is 2.44. The van der Waals surface area contributed by atoms with E-state index in [0.717, 1.165) is 5.02 Å². The van der Waals surface area contributed by atoms with E-state index >= 15 is 0 Å². The molecular formula is C12H16ClN. The van der Waals surface area contributed by atoms with Crippen LogP contribution in [0, 0.1) is 5.41 Å². The summed E-state index contributed by atoms with van der Waals surface area (Å²) in [6.07, 6.45) is 1.23. The van der Waals surface area contributed by atoms with E-state index in [-0.39, 0.29) is 0 Å². The Morgan fingerprint density at radius 3 is 2.64 bits per heavy atom. The third-order valence-corrected chi connectivity index (χ3v) is 3.55. The Balaban J connectivity index is 2.42. The van der Waals surface area contributed by atoms with Crippen molar-refractivity contribution >= 4 is 11.6 Å². The molecule has 1 aromatic carbocycles. The van der Waals surface area contributed by atoms with Gasteiger partial charge in [0.05, 0.1) is 0 Å². The molecule has 1 unspecified atom stereocenters. The first kappa shape index (κ1) is 10.0. The molecule has 14 heavy (non-hydrogen) atoms. The minimum absolute atomic E-state index is 0.412. The average molecular weight is 210 g/mol. The summed E-state index contributed by atoms with van der Waals surface area (Å²) >= 11 is 6.21. The predicted molar refractivity (Wildman–Crippen MR) is 60.5 cm³/mol. The number of halogens is 1. The van der Waals surface area contributed by atoms with Gasteiger partial charge in [0.1, 0.15) is 0 Å². The van der Waals surface area contributed by atoms with Gasteiger partial charge in [-0.2, -0.15) is 0 Å². The lowest BCUT2D eigenvalue weighted by atomic mass is 9.98. The maximum absolute atomic E-state index is 6.21. The number of rotatable bonds is 2. The summed E-state index contributed by atoms with van der Waals surface area (Å²) in [4.78, 5) is 0. The van der Waals surface area contributed by atoms with Crippen LogP contribution in [0.1, 0.15) is 37.3 Å². The zero-order chi connectivity index (χ0) is 10.3. The molecular weight excluding hydrogens is 194 g/mol. The zero-order valence-electron chi connectivity index (χ0n) is 8.68. The lowest BCUT2D eigenvalue weighted by Gasteiger charge is -2.11. The molecule has 1 atom stereocenters. The van der Waals surface area contributed by atoms with Crippen LogP contribution in [0.5, 0.6) is 0 Å². The number of nitrogens with two attached hydrogens (primary N) is 1. The van der Waals surface area contributed by atoms with Crippen molar-refractivity contribution in [2.24, 2.45) is 11.1 Å². The summed E-state index contributed by atoms with van der Waals surface area (Å²) in [7, 11) is 0. The predicted octanol–water partition coefficient (Wildman–Crippen LogP) is 3.31. The Labute approximate surface area is 90.3 Å². The van der Waals surface area contributed by atoms with Gasteiger partial charge in [-0.05, 0) is 34.9 Å². The van der Waals surface area contributed by atoms with Crippen molar-refractivity contribution in [2.45, 2.75) is 32.7 Å². The highest BCUT2D eigenvalue weighted by molar-refractivity contribution is 6.31. The molecule has 0 spiro atoms. The number of hydrogen-bond acceptors (Lipinski definition) is 1. The highest BCUT2D eigenvalue weighted by Crippen LogP contribution is 2.60. The zero-order valence-corrected chi connectivity index (χ0v) is 9.43. The largest absolute Gasteiger partial charge is 0.326 e. The molecule has 0 bridgehead atoms. The maximum Gasteiger partial charge on any atom is 0.0444 e. The van der Waals surface area contributed by atoms with Crippen LogP contribution in [-0.2, 0) is 6.54 Å². The Morgan fingerprint density at radius 2 is 2.14 bits per heavy atom. The van der Waals surface area contributed by atoms with Crippen molar-refractivity contribution in [3.8, 4) is 0 Å². The number of benzene rings is 1. The van der Waals surface area contributed by atoms with E-state index in [1.54, 1.807) is 0 Å². The van der Waals surface area contributed by atoms with Crippen molar-refractivity contribution in [1.82, 2.24) is 0 Å². The first-order chi connectivity index (χ1) is 6.56. The molecule has 0 aromatic heterocycles. The summed E-state index contributed by atoms with van der Waals surface area (Å²) in [5, 5.41) is 0.878. The minimum atomic E-state index is 0.412. The van der Waals surface area contributed by atoms with Gasteiger partial charge in [0.15, 0.2) is 0 Å². The van der Waals surface area contributed by atoms with Crippen LogP contribution in [0.25, 0.3) is 0 Å². The van der Waals surface area contributed by atoms with Gasteiger partial charge in [-0.15, -0.1) is 0 Å². The highest BCUT2D eigenvalue weighted by atomic mass is 35.5. The van der Waals surface area contributed by atoms with Gasteiger partial charge in [-0.3, -0.25) is 0 Å². The van der Waals surface area contributed by atoms with Gasteiger partial charge in [-0.1, -0.05) is 37.6 Å². The molecule has 0 aliphatic heterocycles. The Morgan fingerprint density at radius 1 is 1.50 bits per heavy atom. The molecule has 2 heteroatoms. The molecule has 0 amide bonds. The lowest BCUT2D eigenvalue weighted by Crippen LogP contribution is -2.03. The van der Waals surface area contributed by atoms with Crippen LogP contribution < -0.4 is 5.73 Å². The summed E-state index contributed by atoms with van der Waals surface area (Å²) in [5.74, 6) is 0.606. The van der Waals surface area contributed by atoms with Crippen LogP contribution in [0.4, 0.5) is 0 Å². The topological polar surface area (TPSA) is 26.0 Å². The molecule has 76 valence electrons. The van der Waals surface area contributed by atoms with E-state index in [0.29, 0.717) is 17.9 Å². The Bertz CT molecular complexity index is 357. The third-order valence-electron chi connectivity index (χ3n) is 3.23. The van der Waals surface area contributed by atoms with E-state index in [4.69, 9.17) is 17.3 Å². The summed E-state index contributed by atoms with van der Waals surface area (Å²) in [6.45, 7) is 5.14. The standard InChI is InChI=1S/C12H16ClN/c1-12(2)6-9(12)11-8(7-14)4-3-5-10(11)13/h3-5,9H,6-7,14H2,1-2H3. The molecule has 1 saturated carbocycles. The smallest absolute Gasteiger partial charge is 0.0444 e. The monoisotopic (exact) mass is 209 g/mol. The fourth-order valence-electron chi connectivity index (χ4n) is 2.11. The fraction of sp³-hybridized carbons (Fsp3) is 0.500. The molecule has 1 aliphatic carbocycles. The SMILES string of the molecule is CC1(C)CC1c1c(Cl)cccc1CN. The lowest BCUT2D eigenvalue weighted by molar-refractivity contribution is 0.619. The van der Waals surface area contributed by atoms with E-state index in [1.165, 1.54) is 17.5 Å². The highest BCUT2D eigenvalue weighted by Gasteiger charge is 2.47. The van der Waals surface area contributed by atoms with Crippen molar-refractivity contribution < 1.29 is 0 Å². The van der Waals surface area contributed by atoms with Crippen molar-refractivity contribution in [3.63, 3.8) is 0 Å². The molecule has 0 saturated heterocycles. The molecule has 2 N–H and O–H groups in total. The number of hydrogen-bond donors (Lipinski definition) is 1. The first-order valence-corrected chi connectivity index (χ1v) is 5.41. The van der Waals surface area contributed by atoms with Gasteiger partial charge in [0, 0.05) is 11.6 Å². The van der Waals surface area contributed by atoms with Crippen molar-refractivity contribution in [1.29, 1.82) is 0 Å². The normalized spacial score (nSPS) is 23.6. The van der Waals surface area contributed by atoms with Gasteiger partial charge in [-0.25, -0.2) is 0 Å². The molecule has 1 aromatic rings. The van der Waals surface area contributed by atoms with Crippen LogP contribution in [0.3, 0.4) is 0 Å². The summed E-state index contributed by atoms with van der Waals surface area (Å²) in [6, 6.07) is 6.02. The Kier molecular flexibility index (Phi) is 2.32. The van der Waals surface area contributed by atoms with E-state index in [9.17, 15) is 0 Å². The van der Waals surface area contributed by atoms with Gasteiger partial charge >= 0.3 is 0 Å². The van der Waals surface area contributed by atoms with Gasteiger partial charge in [0.25, 0.3) is 0 Å². The van der Waals surface area contributed by atoms with Crippen LogP contribution >= 0.6 is 11.6 Å². The quantitative estimate of drug-likeness (QED) is 0.795. The second kappa shape index (κ2) is 3.25. The second-order valence-electron chi connectivity index (χ2n) is 4.76. The average Bonchev–Trinajstić information content (AvgIpc) is 2.74. The molecule has 2 rings (SSSR count). The van der Waals surface area contributed by atoms with Crippen molar-refractivity contribution in [3.05, 3.63) is 34.3 Å².